The molecule has 0 spiro atoms. The molecule has 1 saturated heterocycles. The summed E-state index contributed by atoms with van der Waals surface area (Å²) in [5.41, 5.74) is 2.32. The monoisotopic (exact) mass is 606 g/mol. The van der Waals surface area contributed by atoms with Crippen molar-refractivity contribution in [3.8, 4) is 17.4 Å². The molecule has 3 aromatic carbocycles. The van der Waals surface area contributed by atoms with E-state index >= 15 is 0 Å². The number of piperazine rings is 1. The Hall–Kier alpha value is -4.05. The average Bonchev–Trinajstić information content (AvgIpc) is 3.00. The molecule has 0 saturated carbocycles. The number of anilines is 4. The van der Waals surface area contributed by atoms with Crippen LogP contribution in [-0.2, 0) is 0 Å². The smallest absolute Gasteiger partial charge is 0.262 e. The van der Waals surface area contributed by atoms with Crippen molar-refractivity contribution in [3.05, 3.63) is 88.5 Å². The maximum absolute atomic E-state index is 13.4. The molecular weight excluding hydrogens is 575 g/mol. The molecule has 1 amide bonds. The zero-order valence-electron chi connectivity index (χ0n) is 23.6. The van der Waals surface area contributed by atoms with Gasteiger partial charge in [0.15, 0.2) is 11.5 Å². The van der Waals surface area contributed by atoms with E-state index in [9.17, 15) is 4.79 Å². The van der Waals surface area contributed by atoms with Crippen LogP contribution in [0.3, 0.4) is 0 Å². The van der Waals surface area contributed by atoms with Crippen molar-refractivity contribution in [1.82, 2.24) is 14.9 Å². The minimum absolute atomic E-state index is 0.0253. The molecule has 9 nitrogen and oxygen atoms in total. The Morgan fingerprint density at radius 2 is 1.57 bits per heavy atom. The number of nitrogens with zero attached hydrogens (tertiary/aromatic N) is 4. The predicted octanol–water partition coefficient (Wildman–Crippen LogP) is 7.11. The summed E-state index contributed by atoms with van der Waals surface area (Å²) in [6, 6.07) is 20.7. The van der Waals surface area contributed by atoms with Crippen LogP contribution in [-0.4, -0.2) is 60.1 Å². The zero-order valence-corrected chi connectivity index (χ0v) is 25.1. The highest BCUT2D eigenvalue weighted by Crippen LogP contribution is 2.34. The van der Waals surface area contributed by atoms with Crippen LogP contribution in [0.5, 0.6) is 17.4 Å². The number of rotatable bonds is 9. The van der Waals surface area contributed by atoms with E-state index in [1.807, 2.05) is 18.2 Å². The third-order valence-electron chi connectivity index (χ3n) is 7.01. The van der Waals surface area contributed by atoms with Crippen LogP contribution >= 0.6 is 23.2 Å². The lowest BCUT2D eigenvalue weighted by molar-refractivity contribution is 0.102. The van der Waals surface area contributed by atoms with E-state index in [-0.39, 0.29) is 23.1 Å². The maximum atomic E-state index is 13.4. The number of aromatic nitrogens is 2. The lowest BCUT2D eigenvalue weighted by Gasteiger charge is -2.38. The van der Waals surface area contributed by atoms with Crippen molar-refractivity contribution >= 4 is 52.1 Å². The first-order chi connectivity index (χ1) is 20.3. The van der Waals surface area contributed by atoms with Gasteiger partial charge in [0.2, 0.25) is 11.8 Å². The van der Waals surface area contributed by atoms with E-state index in [0.717, 1.165) is 37.6 Å². The molecule has 1 aliphatic rings. The molecule has 1 fully saturated rings. The Labute approximate surface area is 255 Å². The molecule has 5 rings (SSSR count). The van der Waals surface area contributed by atoms with Gasteiger partial charge < -0.3 is 25.0 Å². The van der Waals surface area contributed by atoms with Gasteiger partial charge in [0.05, 0.1) is 22.8 Å². The number of ether oxygens (including phenoxy) is 2. The fourth-order valence-corrected chi connectivity index (χ4v) is 5.14. The van der Waals surface area contributed by atoms with Gasteiger partial charge in [0, 0.05) is 49.8 Å². The van der Waals surface area contributed by atoms with Crippen LogP contribution in [0.15, 0.2) is 72.9 Å². The third kappa shape index (κ3) is 6.87. The van der Waals surface area contributed by atoms with Crippen LogP contribution in [0.25, 0.3) is 0 Å². The molecule has 0 radical (unpaired) electrons. The fraction of sp³-hybridized carbons (Fsp3) is 0.258. The number of carbonyl (C=O) groups is 1. The van der Waals surface area contributed by atoms with Gasteiger partial charge in [-0.2, -0.15) is 4.98 Å². The first-order valence-corrected chi connectivity index (χ1v) is 14.4. The Bertz CT molecular complexity index is 1520. The van der Waals surface area contributed by atoms with Gasteiger partial charge >= 0.3 is 0 Å². The second kappa shape index (κ2) is 13.3. The van der Waals surface area contributed by atoms with Crippen LogP contribution in [0.4, 0.5) is 23.0 Å². The Morgan fingerprint density at radius 1 is 0.905 bits per heavy atom. The van der Waals surface area contributed by atoms with E-state index in [1.165, 1.54) is 13.3 Å². The van der Waals surface area contributed by atoms with E-state index in [0.29, 0.717) is 27.6 Å². The van der Waals surface area contributed by atoms with E-state index in [2.05, 4.69) is 56.4 Å². The summed E-state index contributed by atoms with van der Waals surface area (Å²) < 4.78 is 11.5. The lowest BCUT2D eigenvalue weighted by atomic mass is 10.2. The molecular formula is C31H32Cl2N6O3. The molecule has 0 unspecified atom stereocenters. The summed E-state index contributed by atoms with van der Waals surface area (Å²) in [7, 11) is 1.54. The van der Waals surface area contributed by atoms with Gasteiger partial charge in [-0.15, -0.1) is 0 Å². The SMILES string of the molecule is COc1ccccc1Oc1nc(Nc2ccc(N3CCN(C(C)C)CC3)cc2)ncc1C(=O)Nc1c(Cl)cccc1Cl. The van der Waals surface area contributed by atoms with Crippen molar-refractivity contribution in [2.45, 2.75) is 19.9 Å². The third-order valence-corrected chi connectivity index (χ3v) is 7.64. The van der Waals surface area contributed by atoms with Gasteiger partial charge in [-0.05, 0) is 62.4 Å². The number of methoxy groups -OCH3 is 1. The van der Waals surface area contributed by atoms with Crippen LogP contribution in [0.2, 0.25) is 10.0 Å². The van der Waals surface area contributed by atoms with Crippen molar-refractivity contribution in [1.29, 1.82) is 0 Å². The minimum atomic E-state index is -0.539. The first-order valence-electron chi connectivity index (χ1n) is 13.6. The number of hydrogen-bond donors (Lipinski definition) is 2. The fourth-order valence-electron chi connectivity index (χ4n) is 4.65. The molecule has 4 aromatic rings. The number of benzene rings is 3. The standard InChI is InChI=1S/C31H32Cl2N6O3/c1-20(2)38-15-17-39(18-16-38)22-13-11-21(12-14-22)35-31-34-19-23(29(40)36-28-24(32)7-6-8-25(28)33)30(37-31)42-27-10-5-4-9-26(27)41-3/h4-14,19-20H,15-18H2,1-3H3,(H,36,40)(H,34,35,37). The topological polar surface area (TPSA) is 91.9 Å². The summed E-state index contributed by atoms with van der Waals surface area (Å²) in [4.78, 5) is 27.2. The largest absolute Gasteiger partial charge is 0.493 e. The van der Waals surface area contributed by atoms with E-state index < -0.39 is 5.91 Å². The molecule has 1 aromatic heterocycles. The normalized spacial score (nSPS) is 13.6. The number of nitrogens with one attached hydrogen (secondary N) is 2. The van der Waals surface area contributed by atoms with Gasteiger partial charge in [-0.3, -0.25) is 9.69 Å². The molecule has 2 heterocycles. The van der Waals surface area contributed by atoms with Gasteiger partial charge in [-0.1, -0.05) is 41.4 Å². The maximum Gasteiger partial charge on any atom is 0.262 e. The quantitative estimate of drug-likeness (QED) is 0.208. The molecule has 218 valence electrons. The molecule has 0 aliphatic carbocycles. The van der Waals surface area contributed by atoms with Gasteiger partial charge in [0.25, 0.3) is 5.91 Å². The number of hydrogen-bond acceptors (Lipinski definition) is 8. The van der Waals surface area contributed by atoms with Crippen LogP contribution < -0.4 is 25.0 Å². The summed E-state index contributed by atoms with van der Waals surface area (Å²) in [5.74, 6) is 0.610. The highest BCUT2D eigenvalue weighted by molar-refractivity contribution is 6.40. The molecule has 42 heavy (non-hydrogen) atoms. The van der Waals surface area contributed by atoms with E-state index in [4.69, 9.17) is 32.7 Å². The minimum Gasteiger partial charge on any atom is -0.493 e. The highest BCUT2D eigenvalue weighted by Gasteiger charge is 2.21. The van der Waals surface area contributed by atoms with Crippen LogP contribution in [0.1, 0.15) is 24.2 Å². The van der Waals surface area contributed by atoms with Gasteiger partial charge in [0.1, 0.15) is 5.56 Å². The predicted molar refractivity (Wildman–Crippen MR) is 168 cm³/mol. The summed E-state index contributed by atoms with van der Waals surface area (Å²) in [6.07, 6.45) is 1.39. The Balaban J connectivity index is 1.38. The van der Waals surface area contributed by atoms with Crippen LogP contribution in [0, 0.1) is 0 Å². The first kappa shape index (κ1) is 29.4. The summed E-state index contributed by atoms with van der Waals surface area (Å²) >= 11 is 12.5. The number of amides is 1. The molecule has 1 aliphatic heterocycles. The Kier molecular flexibility index (Phi) is 9.31. The number of para-hydroxylation sites is 3. The second-order valence-electron chi connectivity index (χ2n) is 10.0. The summed E-state index contributed by atoms with van der Waals surface area (Å²) in [6.45, 7) is 8.53. The molecule has 11 heteroatoms. The Morgan fingerprint density at radius 3 is 2.21 bits per heavy atom. The second-order valence-corrected chi connectivity index (χ2v) is 10.8. The van der Waals surface area contributed by atoms with Crippen molar-refractivity contribution in [2.75, 3.05) is 48.8 Å². The van der Waals surface area contributed by atoms with Crippen molar-refractivity contribution < 1.29 is 14.3 Å². The average molecular weight is 608 g/mol. The van der Waals surface area contributed by atoms with Gasteiger partial charge in [-0.25, -0.2) is 4.98 Å². The molecule has 2 N–H and O–H groups in total. The number of halogens is 2. The number of carbonyl (C=O) groups excluding carboxylic acids is 1. The van der Waals surface area contributed by atoms with E-state index in [1.54, 1.807) is 36.4 Å². The highest BCUT2D eigenvalue weighted by atomic mass is 35.5. The molecule has 0 atom stereocenters. The summed E-state index contributed by atoms with van der Waals surface area (Å²) in [5, 5.41) is 6.55. The molecule has 0 bridgehead atoms. The van der Waals surface area contributed by atoms with Crippen molar-refractivity contribution in [3.63, 3.8) is 0 Å². The van der Waals surface area contributed by atoms with Crippen molar-refractivity contribution in [2.24, 2.45) is 0 Å². The zero-order chi connectivity index (χ0) is 29.6. The lowest BCUT2D eigenvalue weighted by Crippen LogP contribution is -2.48.